The van der Waals surface area contributed by atoms with E-state index in [9.17, 15) is 4.79 Å². The van der Waals surface area contributed by atoms with Crippen LogP contribution in [0.15, 0.2) is 0 Å². The molecule has 0 radical (unpaired) electrons. The monoisotopic (exact) mass is 215 g/mol. The molecule has 0 aromatic carbocycles. The van der Waals surface area contributed by atoms with Crippen molar-refractivity contribution in [2.24, 2.45) is 5.92 Å². The van der Waals surface area contributed by atoms with E-state index >= 15 is 0 Å². The number of amides is 1. The largest absolute Gasteiger partial charge is 0.355 e. The van der Waals surface area contributed by atoms with Gasteiger partial charge in [-0.25, -0.2) is 0 Å². The molecule has 0 spiro atoms. The van der Waals surface area contributed by atoms with Crippen LogP contribution < -0.4 is 10.6 Å². The summed E-state index contributed by atoms with van der Waals surface area (Å²) in [6.45, 7) is 8.32. The van der Waals surface area contributed by atoms with E-state index in [0.717, 1.165) is 6.54 Å². The van der Waals surface area contributed by atoms with Gasteiger partial charge in [-0.2, -0.15) is 0 Å². The molecule has 0 heterocycles. The van der Waals surface area contributed by atoms with Crippen molar-refractivity contribution >= 4 is 5.91 Å². The Kier molecular flexibility index (Phi) is 7.34. The maximum atomic E-state index is 11.3. The zero-order chi connectivity index (χ0) is 11.8. The molecule has 0 aliphatic rings. The number of rotatable bonds is 7. The molecule has 0 aromatic rings. The number of likely N-dealkylation sites (N-methyl/N-ethyl adjacent to an activating group) is 2. The fraction of sp³-hybridized carbons (Fsp3) is 0.909. The van der Waals surface area contributed by atoms with Gasteiger partial charge in [-0.1, -0.05) is 13.8 Å². The Balaban J connectivity index is 3.90. The normalized spacial score (nSPS) is 13.3. The van der Waals surface area contributed by atoms with Gasteiger partial charge in [0.25, 0.3) is 0 Å². The Morgan fingerprint density at radius 2 is 1.93 bits per heavy atom. The van der Waals surface area contributed by atoms with E-state index in [1.54, 1.807) is 0 Å². The maximum Gasteiger partial charge on any atom is 0.233 e. The van der Waals surface area contributed by atoms with Gasteiger partial charge in [0.1, 0.15) is 0 Å². The highest BCUT2D eigenvalue weighted by atomic mass is 16.1. The lowest BCUT2D eigenvalue weighted by Gasteiger charge is -2.25. The van der Waals surface area contributed by atoms with E-state index in [-0.39, 0.29) is 5.91 Å². The lowest BCUT2D eigenvalue weighted by Crippen LogP contribution is -2.46. The second kappa shape index (κ2) is 7.65. The minimum atomic E-state index is 0.0712. The van der Waals surface area contributed by atoms with Crippen LogP contribution in [0.3, 0.4) is 0 Å². The molecule has 1 atom stereocenters. The Bertz CT molecular complexity index is 181. The predicted octanol–water partition coefficient (Wildman–Crippen LogP) is 0.298. The molecule has 0 aliphatic carbocycles. The van der Waals surface area contributed by atoms with E-state index < -0.39 is 0 Å². The van der Waals surface area contributed by atoms with Gasteiger partial charge in [-0.3, -0.25) is 4.79 Å². The fourth-order valence-corrected chi connectivity index (χ4v) is 1.39. The van der Waals surface area contributed by atoms with Crippen LogP contribution in [0.2, 0.25) is 0 Å². The molecule has 0 rings (SSSR count). The topological polar surface area (TPSA) is 44.4 Å². The summed E-state index contributed by atoms with van der Waals surface area (Å²) in [5, 5.41) is 6.06. The van der Waals surface area contributed by atoms with E-state index in [2.05, 4.69) is 29.4 Å². The number of carbonyl (C=O) groups excluding carboxylic acids is 1. The van der Waals surface area contributed by atoms with Crippen LogP contribution in [-0.2, 0) is 4.79 Å². The van der Waals surface area contributed by atoms with Gasteiger partial charge >= 0.3 is 0 Å². The van der Waals surface area contributed by atoms with Crippen LogP contribution in [0.1, 0.15) is 20.8 Å². The highest BCUT2D eigenvalue weighted by Gasteiger charge is 2.14. The Hall–Kier alpha value is -0.610. The summed E-state index contributed by atoms with van der Waals surface area (Å²) in [5.74, 6) is 0.601. The van der Waals surface area contributed by atoms with Crippen molar-refractivity contribution < 1.29 is 4.79 Å². The smallest absolute Gasteiger partial charge is 0.233 e. The summed E-state index contributed by atoms with van der Waals surface area (Å²) >= 11 is 0. The van der Waals surface area contributed by atoms with Gasteiger partial charge in [0.2, 0.25) is 5.91 Å². The van der Waals surface area contributed by atoms with Gasteiger partial charge in [-0.05, 0) is 26.9 Å². The van der Waals surface area contributed by atoms with Crippen LogP contribution >= 0.6 is 0 Å². The molecule has 0 bridgehead atoms. The van der Waals surface area contributed by atoms with E-state index in [1.165, 1.54) is 0 Å². The predicted molar refractivity (Wildman–Crippen MR) is 63.9 cm³/mol. The molecule has 4 heteroatoms. The molecule has 0 saturated carbocycles. The van der Waals surface area contributed by atoms with Crippen LogP contribution in [-0.4, -0.2) is 50.6 Å². The maximum absolute atomic E-state index is 11.3. The number of nitrogens with one attached hydrogen (secondary N) is 2. The Labute approximate surface area is 93.4 Å². The third-order valence-corrected chi connectivity index (χ3v) is 2.27. The van der Waals surface area contributed by atoms with Gasteiger partial charge in [0.15, 0.2) is 0 Å². The summed E-state index contributed by atoms with van der Waals surface area (Å²) in [6, 6.07) is 0.364. The Morgan fingerprint density at radius 1 is 1.33 bits per heavy atom. The average Bonchev–Trinajstić information content (AvgIpc) is 2.11. The SMILES string of the molecule is CCNC(=O)CNC(CN(C)C)C(C)C. The van der Waals surface area contributed by atoms with E-state index in [0.29, 0.717) is 25.0 Å². The molecule has 0 fully saturated rings. The number of hydrogen-bond donors (Lipinski definition) is 2. The number of nitrogens with zero attached hydrogens (tertiary/aromatic N) is 1. The first-order chi connectivity index (χ1) is 6.97. The molecule has 4 nitrogen and oxygen atoms in total. The lowest BCUT2D eigenvalue weighted by molar-refractivity contribution is -0.120. The van der Waals surface area contributed by atoms with Crippen LogP contribution in [0.4, 0.5) is 0 Å². The van der Waals surface area contributed by atoms with Crippen molar-refractivity contribution in [3.63, 3.8) is 0 Å². The minimum Gasteiger partial charge on any atom is -0.355 e. The lowest BCUT2D eigenvalue weighted by atomic mass is 10.0. The first kappa shape index (κ1) is 14.4. The van der Waals surface area contributed by atoms with Crippen molar-refractivity contribution in [1.29, 1.82) is 0 Å². The van der Waals surface area contributed by atoms with E-state index in [4.69, 9.17) is 0 Å². The second-order valence-corrected chi connectivity index (χ2v) is 4.45. The zero-order valence-corrected chi connectivity index (χ0v) is 10.6. The summed E-state index contributed by atoms with van der Waals surface area (Å²) in [5.41, 5.74) is 0. The van der Waals surface area contributed by atoms with Gasteiger partial charge < -0.3 is 15.5 Å². The first-order valence-corrected chi connectivity index (χ1v) is 5.62. The number of carbonyl (C=O) groups is 1. The molecule has 1 unspecified atom stereocenters. The molecular formula is C11H25N3O. The van der Waals surface area contributed by atoms with Gasteiger partial charge in [0.05, 0.1) is 6.54 Å². The molecule has 90 valence electrons. The zero-order valence-electron chi connectivity index (χ0n) is 10.6. The van der Waals surface area contributed by atoms with Crippen molar-refractivity contribution in [2.45, 2.75) is 26.8 Å². The number of hydrogen-bond acceptors (Lipinski definition) is 3. The fourth-order valence-electron chi connectivity index (χ4n) is 1.39. The van der Waals surface area contributed by atoms with Crippen LogP contribution in [0.5, 0.6) is 0 Å². The second-order valence-electron chi connectivity index (χ2n) is 4.45. The molecule has 15 heavy (non-hydrogen) atoms. The summed E-state index contributed by atoms with van der Waals surface area (Å²) in [7, 11) is 4.09. The highest BCUT2D eigenvalue weighted by molar-refractivity contribution is 5.77. The molecule has 0 aromatic heterocycles. The quantitative estimate of drug-likeness (QED) is 0.642. The van der Waals surface area contributed by atoms with Crippen molar-refractivity contribution in [3.8, 4) is 0 Å². The van der Waals surface area contributed by atoms with Crippen molar-refractivity contribution in [1.82, 2.24) is 15.5 Å². The summed E-state index contributed by atoms with van der Waals surface area (Å²) < 4.78 is 0. The molecular weight excluding hydrogens is 190 g/mol. The van der Waals surface area contributed by atoms with Gasteiger partial charge in [0, 0.05) is 19.1 Å². The van der Waals surface area contributed by atoms with Gasteiger partial charge in [-0.15, -0.1) is 0 Å². The molecule has 0 aliphatic heterocycles. The third-order valence-electron chi connectivity index (χ3n) is 2.27. The summed E-state index contributed by atoms with van der Waals surface area (Å²) in [6.07, 6.45) is 0. The third kappa shape index (κ3) is 7.33. The van der Waals surface area contributed by atoms with Crippen molar-refractivity contribution in [2.75, 3.05) is 33.7 Å². The molecule has 0 saturated heterocycles. The first-order valence-electron chi connectivity index (χ1n) is 5.62. The summed E-state index contributed by atoms with van der Waals surface area (Å²) in [4.78, 5) is 13.4. The van der Waals surface area contributed by atoms with Crippen molar-refractivity contribution in [3.05, 3.63) is 0 Å². The average molecular weight is 215 g/mol. The minimum absolute atomic E-state index is 0.0712. The standard InChI is InChI=1S/C11H25N3O/c1-6-12-11(15)7-13-10(9(2)3)8-14(4)5/h9-10,13H,6-8H2,1-5H3,(H,12,15). The van der Waals surface area contributed by atoms with E-state index in [1.807, 2.05) is 21.0 Å². The highest BCUT2D eigenvalue weighted by Crippen LogP contribution is 2.01. The van der Waals surface area contributed by atoms with Crippen LogP contribution in [0, 0.1) is 5.92 Å². The van der Waals surface area contributed by atoms with Crippen LogP contribution in [0.25, 0.3) is 0 Å². The molecule has 1 amide bonds. The molecule has 2 N–H and O–H groups in total. The Morgan fingerprint density at radius 3 is 2.33 bits per heavy atom.